The van der Waals surface area contributed by atoms with E-state index in [1.165, 1.54) is 0 Å². The summed E-state index contributed by atoms with van der Waals surface area (Å²) in [5.74, 6) is 0.819. The summed E-state index contributed by atoms with van der Waals surface area (Å²) in [5, 5.41) is 10.8. The van der Waals surface area contributed by atoms with E-state index in [1.54, 1.807) is 0 Å². The Balaban J connectivity index is 2.26. The summed E-state index contributed by atoms with van der Waals surface area (Å²) in [6.07, 6.45) is 1.66. The molecule has 0 atom stereocenters. The monoisotopic (exact) mass is 249 g/mol. The fourth-order valence-corrected chi connectivity index (χ4v) is 2.47. The molecule has 18 heavy (non-hydrogen) atoms. The molecule has 0 unspecified atom stereocenters. The lowest BCUT2D eigenvalue weighted by atomic mass is 9.84. The number of piperidine rings is 1. The van der Waals surface area contributed by atoms with Crippen molar-refractivity contribution in [1.29, 1.82) is 0 Å². The topological polar surface area (TPSA) is 32.7 Å². The summed E-state index contributed by atoms with van der Waals surface area (Å²) in [7, 11) is 2.09. The van der Waals surface area contributed by atoms with E-state index >= 15 is 0 Å². The molecule has 1 aliphatic rings. The van der Waals surface area contributed by atoms with Gasteiger partial charge in [0.05, 0.1) is 11.7 Å². The summed E-state index contributed by atoms with van der Waals surface area (Å²) in [6, 6.07) is 7.87. The van der Waals surface area contributed by atoms with Crippen LogP contribution in [0.15, 0.2) is 24.3 Å². The molecule has 1 aromatic carbocycles. The maximum atomic E-state index is 10.8. The van der Waals surface area contributed by atoms with E-state index in [2.05, 4.69) is 11.9 Å². The van der Waals surface area contributed by atoms with Gasteiger partial charge in [0.2, 0.25) is 0 Å². The first kappa shape index (κ1) is 13.4. The normalized spacial score (nSPS) is 20.1. The second kappa shape index (κ2) is 5.29. The van der Waals surface area contributed by atoms with E-state index in [0.29, 0.717) is 0 Å². The van der Waals surface area contributed by atoms with Crippen LogP contribution < -0.4 is 4.74 Å². The van der Waals surface area contributed by atoms with Crippen LogP contribution in [0, 0.1) is 0 Å². The molecule has 1 fully saturated rings. The first-order valence-corrected chi connectivity index (χ1v) is 6.68. The summed E-state index contributed by atoms with van der Waals surface area (Å²) < 4.78 is 5.82. The highest BCUT2D eigenvalue weighted by Crippen LogP contribution is 2.37. The maximum absolute atomic E-state index is 10.8. The van der Waals surface area contributed by atoms with Crippen LogP contribution in [-0.2, 0) is 5.60 Å². The Bertz CT molecular complexity index is 395. The highest BCUT2D eigenvalue weighted by atomic mass is 16.5. The van der Waals surface area contributed by atoms with E-state index in [-0.39, 0.29) is 6.10 Å². The van der Waals surface area contributed by atoms with E-state index in [4.69, 9.17) is 4.74 Å². The fraction of sp³-hybridized carbons (Fsp3) is 0.600. The quantitative estimate of drug-likeness (QED) is 0.893. The molecular formula is C15H23NO2. The molecular weight excluding hydrogens is 226 g/mol. The lowest BCUT2D eigenvalue weighted by Gasteiger charge is -2.37. The zero-order valence-corrected chi connectivity index (χ0v) is 11.5. The second-order valence-electron chi connectivity index (χ2n) is 5.50. The SMILES string of the molecule is CC(C)Oc1ccccc1C1(O)CCN(C)CC1. The Hall–Kier alpha value is -1.06. The lowest BCUT2D eigenvalue weighted by Crippen LogP contribution is -2.41. The molecule has 2 rings (SSSR count). The smallest absolute Gasteiger partial charge is 0.125 e. The van der Waals surface area contributed by atoms with Gasteiger partial charge in [0, 0.05) is 18.7 Å². The van der Waals surface area contributed by atoms with Gasteiger partial charge in [0.25, 0.3) is 0 Å². The van der Waals surface area contributed by atoms with Crippen molar-refractivity contribution in [1.82, 2.24) is 4.90 Å². The van der Waals surface area contributed by atoms with Crippen LogP contribution in [0.3, 0.4) is 0 Å². The lowest BCUT2D eigenvalue weighted by molar-refractivity contribution is -0.0227. The zero-order chi connectivity index (χ0) is 13.2. The van der Waals surface area contributed by atoms with Crippen LogP contribution in [0.4, 0.5) is 0 Å². The third-order valence-electron chi connectivity index (χ3n) is 3.57. The molecule has 0 amide bonds. The van der Waals surface area contributed by atoms with Crippen molar-refractivity contribution in [3.63, 3.8) is 0 Å². The van der Waals surface area contributed by atoms with Crippen LogP contribution in [0.2, 0.25) is 0 Å². The standard InChI is InChI=1S/C15H23NO2/c1-12(2)18-14-7-5-4-6-13(14)15(17)8-10-16(3)11-9-15/h4-7,12,17H,8-11H2,1-3H3. The Morgan fingerprint density at radius 3 is 2.44 bits per heavy atom. The third-order valence-corrected chi connectivity index (χ3v) is 3.57. The van der Waals surface area contributed by atoms with Crippen molar-refractivity contribution in [2.75, 3.05) is 20.1 Å². The van der Waals surface area contributed by atoms with Gasteiger partial charge >= 0.3 is 0 Å². The molecule has 1 aromatic rings. The minimum absolute atomic E-state index is 0.126. The first-order valence-electron chi connectivity index (χ1n) is 6.68. The number of benzene rings is 1. The van der Waals surface area contributed by atoms with Crippen molar-refractivity contribution in [3.8, 4) is 5.75 Å². The largest absolute Gasteiger partial charge is 0.491 e. The van der Waals surface area contributed by atoms with Crippen LogP contribution in [0.25, 0.3) is 0 Å². The number of ether oxygens (including phenoxy) is 1. The van der Waals surface area contributed by atoms with Crippen molar-refractivity contribution >= 4 is 0 Å². The zero-order valence-electron chi connectivity index (χ0n) is 11.5. The van der Waals surface area contributed by atoms with Gasteiger partial charge in [-0.3, -0.25) is 0 Å². The van der Waals surface area contributed by atoms with Crippen LogP contribution in [0.5, 0.6) is 5.75 Å². The molecule has 1 N–H and O–H groups in total. The Morgan fingerprint density at radius 2 is 1.83 bits per heavy atom. The Kier molecular flexibility index (Phi) is 3.93. The highest BCUT2D eigenvalue weighted by molar-refractivity contribution is 5.38. The van der Waals surface area contributed by atoms with E-state index in [1.807, 2.05) is 38.1 Å². The van der Waals surface area contributed by atoms with Gasteiger partial charge in [0.15, 0.2) is 0 Å². The second-order valence-corrected chi connectivity index (χ2v) is 5.50. The first-order chi connectivity index (χ1) is 8.51. The molecule has 0 radical (unpaired) electrons. The number of likely N-dealkylation sites (tertiary alicyclic amines) is 1. The molecule has 0 aliphatic carbocycles. The van der Waals surface area contributed by atoms with Crippen molar-refractivity contribution in [2.24, 2.45) is 0 Å². The number of aliphatic hydroxyl groups is 1. The fourth-order valence-electron chi connectivity index (χ4n) is 2.47. The maximum Gasteiger partial charge on any atom is 0.125 e. The summed E-state index contributed by atoms with van der Waals surface area (Å²) in [5.41, 5.74) is 0.199. The molecule has 3 nitrogen and oxygen atoms in total. The molecule has 1 saturated heterocycles. The minimum Gasteiger partial charge on any atom is -0.491 e. The number of nitrogens with zero attached hydrogens (tertiary/aromatic N) is 1. The molecule has 3 heteroatoms. The molecule has 0 aromatic heterocycles. The van der Waals surface area contributed by atoms with E-state index in [0.717, 1.165) is 37.2 Å². The van der Waals surface area contributed by atoms with Crippen molar-refractivity contribution < 1.29 is 9.84 Å². The van der Waals surface area contributed by atoms with E-state index < -0.39 is 5.60 Å². The van der Waals surface area contributed by atoms with Gasteiger partial charge in [-0.15, -0.1) is 0 Å². The number of para-hydroxylation sites is 1. The molecule has 1 heterocycles. The van der Waals surface area contributed by atoms with Gasteiger partial charge < -0.3 is 14.7 Å². The molecule has 100 valence electrons. The molecule has 0 saturated carbocycles. The number of hydrogen-bond acceptors (Lipinski definition) is 3. The minimum atomic E-state index is -0.738. The van der Waals surface area contributed by atoms with Gasteiger partial charge in [0.1, 0.15) is 5.75 Å². The molecule has 0 bridgehead atoms. The Morgan fingerprint density at radius 1 is 1.22 bits per heavy atom. The van der Waals surface area contributed by atoms with Gasteiger partial charge in [-0.25, -0.2) is 0 Å². The predicted molar refractivity (Wildman–Crippen MR) is 72.8 cm³/mol. The average molecular weight is 249 g/mol. The van der Waals surface area contributed by atoms with Crippen molar-refractivity contribution in [2.45, 2.75) is 38.4 Å². The number of rotatable bonds is 3. The summed E-state index contributed by atoms with van der Waals surface area (Å²) >= 11 is 0. The average Bonchev–Trinajstić information content (AvgIpc) is 2.33. The van der Waals surface area contributed by atoms with E-state index in [9.17, 15) is 5.11 Å². The van der Waals surface area contributed by atoms with Crippen LogP contribution in [-0.4, -0.2) is 36.2 Å². The highest BCUT2D eigenvalue weighted by Gasteiger charge is 2.35. The molecule has 1 aliphatic heterocycles. The van der Waals surface area contributed by atoms with Crippen LogP contribution in [0.1, 0.15) is 32.3 Å². The predicted octanol–water partition coefficient (Wildman–Crippen LogP) is 2.39. The summed E-state index contributed by atoms with van der Waals surface area (Å²) in [4.78, 5) is 2.25. The third kappa shape index (κ3) is 2.85. The van der Waals surface area contributed by atoms with Crippen molar-refractivity contribution in [3.05, 3.63) is 29.8 Å². The van der Waals surface area contributed by atoms with Gasteiger partial charge in [-0.05, 0) is 39.8 Å². The van der Waals surface area contributed by atoms with Gasteiger partial charge in [-0.2, -0.15) is 0 Å². The Labute approximate surface area is 109 Å². The number of hydrogen-bond donors (Lipinski definition) is 1. The van der Waals surface area contributed by atoms with Crippen LogP contribution >= 0.6 is 0 Å². The summed E-state index contributed by atoms with van der Waals surface area (Å²) in [6.45, 7) is 5.87. The molecule has 0 spiro atoms. The van der Waals surface area contributed by atoms with Gasteiger partial charge in [-0.1, -0.05) is 18.2 Å².